The van der Waals surface area contributed by atoms with Gasteiger partial charge >= 0.3 is 11.9 Å². The number of carbonyl (C=O) groups excluding carboxylic acids is 4. The van der Waals surface area contributed by atoms with Crippen LogP contribution in [-0.2, 0) is 41.6 Å². The number of carboxylic acid groups (broad SMARTS) is 2. The smallest absolute Gasteiger partial charge is 0.326 e. The summed E-state index contributed by atoms with van der Waals surface area (Å²) in [6, 6.07) is 2.40. The Morgan fingerprint density at radius 2 is 1.44 bits per heavy atom. The highest BCUT2D eigenvalue weighted by Crippen LogP contribution is 2.09. The third-order valence-electron chi connectivity index (χ3n) is 7.34. The number of thioether (sulfide) groups is 1. The monoisotopic (exact) mass is 718 g/mol. The van der Waals surface area contributed by atoms with E-state index in [0.717, 1.165) is 0 Å². The van der Waals surface area contributed by atoms with Gasteiger partial charge in [0.25, 0.3) is 0 Å². The maximum atomic E-state index is 13.8. The first-order chi connectivity index (χ1) is 23.8. The van der Waals surface area contributed by atoms with E-state index in [1.165, 1.54) is 24.3 Å². The van der Waals surface area contributed by atoms with Gasteiger partial charge in [0.1, 0.15) is 24.2 Å². The number of imidazole rings is 1. The van der Waals surface area contributed by atoms with E-state index in [1.807, 2.05) is 6.26 Å². The summed E-state index contributed by atoms with van der Waals surface area (Å²) < 4.78 is 0. The van der Waals surface area contributed by atoms with Gasteiger partial charge in [-0.05, 0) is 43.3 Å². The summed E-state index contributed by atoms with van der Waals surface area (Å²) in [5.74, 6) is -5.22. The van der Waals surface area contributed by atoms with Gasteiger partial charge in [0.15, 0.2) is 5.96 Å². The molecule has 5 atom stereocenters. The van der Waals surface area contributed by atoms with Crippen LogP contribution in [0.2, 0.25) is 0 Å². The highest BCUT2D eigenvalue weighted by atomic mass is 32.2. The lowest BCUT2D eigenvalue weighted by molar-refractivity contribution is -0.142. The maximum Gasteiger partial charge on any atom is 0.326 e. The van der Waals surface area contributed by atoms with E-state index < -0.39 is 72.2 Å². The molecule has 0 fully saturated rings. The highest BCUT2D eigenvalue weighted by molar-refractivity contribution is 7.98. The fourth-order valence-electron chi connectivity index (χ4n) is 4.65. The maximum absolute atomic E-state index is 13.8. The molecule has 0 spiro atoms. The Bertz CT molecular complexity index is 1440. The first-order valence-electron chi connectivity index (χ1n) is 15.8. The minimum absolute atomic E-state index is 0.00719. The summed E-state index contributed by atoms with van der Waals surface area (Å²) in [5, 5.41) is 29.2. The molecule has 0 saturated carbocycles. The van der Waals surface area contributed by atoms with Crippen LogP contribution in [0.4, 0.5) is 0 Å². The molecule has 0 aliphatic rings. The van der Waals surface area contributed by atoms with Crippen molar-refractivity contribution < 1.29 is 39.0 Å². The Labute approximate surface area is 293 Å². The number of aliphatic carboxylic acids is 2. The second kappa shape index (κ2) is 21.7. The molecule has 5 unspecified atom stereocenters. The van der Waals surface area contributed by atoms with Gasteiger partial charge < -0.3 is 53.7 Å². The Morgan fingerprint density at radius 1 is 0.840 bits per heavy atom. The Balaban J connectivity index is 2.33. The van der Waals surface area contributed by atoms with Crippen LogP contribution in [0, 0.1) is 0 Å². The van der Waals surface area contributed by atoms with Crippen LogP contribution < -0.4 is 38.5 Å². The second-order valence-corrected chi connectivity index (χ2v) is 12.3. The average Bonchev–Trinajstić information content (AvgIpc) is 3.59. The first kappa shape index (κ1) is 41.0. The third kappa shape index (κ3) is 15.4. The molecule has 0 saturated heterocycles. The number of aromatic amines is 1. The zero-order valence-electron chi connectivity index (χ0n) is 27.7. The lowest BCUT2D eigenvalue weighted by Gasteiger charge is -2.26. The summed E-state index contributed by atoms with van der Waals surface area (Å²) in [5.41, 5.74) is 17.7. The van der Waals surface area contributed by atoms with Crippen molar-refractivity contribution in [3.63, 3.8) is 0 Å². The molecule has 2 aromatic rings. The van der Waals surface area contributed by atoms with Crippen molar-refractivity contribution in [2.45, 2.75) is 75.2 Å². The summed E-state index contributed by atoms with van der Waals surface area (Å²) in [6.07, 6.45) is 4.26. The van der Waals surface area contributed by atoms with Gasteiger partial charge in [-0.1, -0.05) is 30.3 Å². The van der Waals surface area contributed by atoms with E-state index >= 15 is 0 Å². The highest BCUT2D eigenvalue weighted by Gasteiger charge is 2.32. The quantitative estimate of drug-likeness (QED) is 0.0346. The van der Waals surface area contributed by atoms with Gasteiger partial charge in [-0.15, -0.1) is 0 Å². The largest absolute Gasteiger partial charge is 0.481 e. The summed E-state index contributed by atoms with van der Waals surface area (Å²) in [7, 11) is 0. The zero-order valence-corrected chi connectivity index (χ0v) is 28.5. The number of carbonyl (C=O) groups is 6. The molecule has 4 amide bonds. The predicted octanol–water partition coefficient (Wildman–Crippen LogP) is -1.78. The van der Waals surface area contributed by atoms with Crippen molar-refractivity contribution in [1.82, 2.24) is 31.2 Å². The fraction of sp³-hybridized carbons (Fsp3) is 0.484. The number of guanidine groups is 1. The van der Waals surface area contributed by atoms with Crippen LogP contribution in [0.25, 0.3) is 0 Å². The van der Waals surface area contributed by atoms with Crippen LogP contribution in [0.3, 0.4) is 0 Å². The number of nitrogens with one attached hydrogen (secondary N) is 5. The molecule has 1 heterocycles. The molecule has 50 heavy (non-hydrogen) atoms. The zero-order chi connectivity index (χ0) is 37.1. The van der Waals surface area contributed by atoms with Crippen molar-refractivity contribution in [1.29, 1.82) is 0 Å². The number of rotatable bonds is 23. The lowest BCUT2D eigenvalue weighted by Crippen LogP contribution is -2.59. The van der Waals surface area contributed by atoms with Crippen LogP contribution in [0.1, 0.15) is 43.4 Å². The van der Waals surface area contributed by atoms with Crippen LogP contribution in [-0.4, -0.2) is 110 Å². The molecule has 1 aromatic carbocycles. The van der Waals surface area contributed by atoms with Crippen LogP contribution >= 0.6 is 11.8 Å². The molecule has 19 heteroatoms. The number of hydrogen-bond acceptors (Lipinski definition) is 10. The topological polar surface area (TPSA) is 310 Å². The fourth-order valence-corrected chi connectivity index (χ4v) is 5.14. The van der Waals surface area contributed by atoms with Crippen molar-refractivity contribution in [2.75, 3.05) is 18.6 Å². The number of amides is 4. The van der Waals surface area contributed by atoms with Crippen molar-refractivity contribution in [3.05, 3.63) is 54.1 Å². The Hall–Kier alpha value is -5.17. The van der Waals surface area contributed by atoms with Gasteiger partial charge in [0.2, 0.25) is 23.6 Å². The van der Waals surface area contributed by atoms with Gasteiger partial charge in [-0.3, -0.25) is 29.0 Å². The van der Waals surface area contributed by atoms with E-state index in [9.17, 15) is 39.0 Å². The summed E-state index contributed by atoms with van der Waals surface area (Å²) in [6.45, 7) is 0.138. The number of H-pyrrole nitrogens is 1. The number of aromatic nitrogens is 2. The molecule has 0 bridgehead atoms. The van der Waals surface area contributed by atoms with Crippen LogP contribution in [0.15, 0.2) is 47.8 Å². The first-order valence-corrected chi connectivity index (χ1v) is 17.2. The van der Waals surface area contributed by atoms with Crippen LogP contribution in [0.5, 0.6) is 0 Å². The van der Waals surface area contributed by atoms with E-state index in [-0.39, 0.29) is 44.6 Å². The summed E-state index contributed by atoms with van der Waals surface area (Å²) in [4.78, 5) is 87.6. The van der Waals surface area contributed by atoms with E-state index in [4.69, 9.17) is 17.2 Å². The number of benzene rings is 1. The average molecular weight is 719 g/mol. The number of hydrogen-bond donors (Lipinski definition) is 10. The molecule has 1 aromatic heterocycles. The molecule has 13 N–H and O–H groups in total. The third-order valence-corrected chi connectivity index (χ3v) is 7.98. The van der Waals surface area contributed by atoms with Gasteiger partial charge in [0, 0.05) is 37.7 Å². The minimum atomic E-state index is -1.35. The number of carboxylic acids is 2. The second-order valence-electron chi connectivity index (χ2n) is 11.3. The number of nitrogens with zero attached hydrogens (tertiary/aromatic N) is 2. The van der Waals surface area contributed by atoms with E-state index in [0.29, 0.717) is 23.4 Å². The van der Waals surface area contributed by atoms with Crippen molar-refractivity contribution in [3.8, 4) is 0 Å². The van der Waals surface area contributed by atoms with E-state index in [1.54, 1.807) is 30.3 Å². The molecule has 0 aliphatic carbocycles. The minimum Gasteiger partial charge on any atom is -0.481 e. The van der Waals surface area contributed by atoms with Crippen molar-refractivity contribution >= 4 is 53.3 Å². The van der Waals surface area contributed by atoms with Gasteiger partial charge in [-0.25, -0.2) is 9.78 Å². The van der Waals surface area contributed by atoms with Gasteiger partial charge in [0.05, 0.1) is 12.4 Å². The molecule has 18 nitrogen and oxygen atoms in total. The Kier molecular flexibility index (Phi) is 17.8. The van der Waals surface area contributed by atoms with Gasteiger partial charge in [-0.2, -0.15) is 11.8 Å². The lowest BCUT2D eigenvalue weighted by atomic mass is 10.0. The molecule has 274 valence electrons. The normalized spacial score (nSPS) is 13.8. The number of aliphatic imine (C=N–C) groups is 1. The molecular weight excluding hydrogens is 672 g/mol. The predicted molar refractivity (Wildman–Crippen MR) is 186 cm³/mol. The summed E-state index contributed by atoms with van der Waals surface area (Å²) >= 11 is 1.48. The molecular formula is C31H46N10O8S. The van der Waals surface area contributed by atoms with Crippen molar-refractivity contribution in [2.24, 2.45) is 22.2 Å². The van der Waals surface area contributed by atoms with E-state index in [2.05, 4.69) is 36.2 Å². The molecule has 2 rings (SSSR count). The Morgan fingerprint density at radius 3 is 2.00 bits per heavy atom. The standard InChI is InChI=1S/C31H46N10O8S/c1-50-13-11-20(32)26(44)38-21(9-10-25(42)43)27(45)41-24(15-19-16-35-17-37-19)29(47)40-23(14-18-6-3-2-4-7-18)28(46)39-22(30(48)49)8-5-12-36-31(33)34/h2-4,6-7,16-17,20-24H,5,8-15,32H2,1H3,(H,35,37)(H,38,44)(H,39,46)(H,40,47)(H,41,45)(H,42,43)(H,48,49)(H4,33,34,36). The number of nitrogens with two attached hydrogens (primary N) is 3. The molecule has 0 aliphatic heterocycles. The SMILES string of the molecule is CSCCC(N)C(=O)NC(CCC(=O)O)C(=O)NC(Cc1cnc[nH]1)C(=O)NC(Cc1ccccc1)C(=O)NC(CCCN=C(N)N)C(=O)O. The molecule has 0 radical (unpaired) electrons.